The first kappa shape index (κ1) is 15.2. The Labute approximate surface area is 128 Å². The van der Waals surface area contributed by atoms with E-state index >= 15 is 0 Å². The zero-order chi connectivity index (χ0) is 16.8. The molecular formula is C16H9F4NO2. The monoisotopic (exact) mass is 323 g/mol. The summed E-state index contributed by atoms with van der Waals surface area (Å²) in [5.41, 5.74) is -1.55. The lowest BCUT2D eigenvalue weighted by Gasteiger charge is -2.20. The van der Waals surface area contributed by atoms with Crippen LogP contribution in [-0.2, 0) is 17.5 Å². The topological polar surface area (TPSA) is 37.4 Å². The van der Waals surface area contributed by atoms with Gasteiger partial charge in [-0.1, -0.05) is 24.3 Å². The molecule has 0 bridgehead atoms. The van der Waals surface area contributed by atoms with Gasteiger partial charge in [0.1, 0.15) is 5.82 Å². The molecule has 1 heterocycles. The zero-order valence-corrected chi connectivity index (χ0v) is 11.5. The van der Waals surface area contributed by atoms with E-state index in [-0.39, 0.29) is 16.8 Å². The molecule has 0 radical (unpaired) electrons. The van der Waals surface area contributed by atoms with Crippen LogP contribution in [0.1, 0.15) is 21.5 Å². The molecule has 1 amide bonds. The van der Waals surface area contributed by atoms with Crippen LogP contribution in [0.25, 0.3) is 0 Å². The number of Topliss-reactive ketones (excluding diaryl/α,β-unsaturated/α-hetero) is 1. The fourth-order valence-electron chi connectivity index (χ4n) is 2.57. The number of fused-ring (bicyclic) bond motifs is 1. The SMILES string of the molecule is O=C1C(=O)N(Cc2ccccc2C(F)(F)F)c2c(F)cccc21. The van der Waals surface area contributed by atoms with Crippen LogP contribution in [0.5, 0.6) is 0 Å². The molecule has 2 aromatic carbocycles. The highest BCUT2D eigenvalue weighted by molar-refractivity contribution is 6.52. The largest absolute Gasteiger partial charge is 0.416 e. The van der Waals surface area contributed by atoms with Crippen molar-refractivity contribution in [3.05, 3.63) is 65.0 Å². The third-order valence-electron chi connectivity index (χ3n) is 3.59. The van der Waals surface area contributed by atoms with Crippen LogP contribution < -0.4 is 4.90 Å². The number of para-hydroxylation sites is 1. The minimum absolute atomic E-state index is 0.139. The van der Waals surface area contributed by atoms with Crippen molar-refractivity contribution < 1.29 is 27.2 Å². The molecule has 1 aliphatic heterocycles. The molecule has 0 saturated carbocycles. The Bertz CT molecular complexity index is 814. The van der Waals surface area contributed by atoms with Gasteiger partial charge in [-0.3, -0.25) is 14.5 Å². The molecule has 3 rings (SSSR count). The molecule has 0 spiro atoms. The number of halogens is 4. The average Bonchev–Trinajstić information content (AvgIpc) is 2.73. The fourth-order valence-corrected chi connectivity index (χ4v) is 2.57. The van der Waals surface area contributed by atoms with Gasteiger partial charge in [-0.15, -0.1) is 0 Å². The molecule has 1 aliphatic rings. The molecule has 0 aromatic heterocycles. The van der Waals surface area contributed by atoms with Crippen LogP contribution in [0.2, 0.25) is 0 Å². The van der Waals surface area contributed by atoms with E-state index in [2.05, 4.69) is 0 Å². The highest BCUT2D eigenvalue weighted by Gasteiger charge is 2.40. The lowest BCUT2D eigenvalue weighted by atomic mass is 10.1. The maximum absolute atomic E-state index is 14.0. The van der Waals surface area contributed by atoms with Crippen molar-refractivity contribution in [1.82, 2.24) is 0 Å². The first-order valence-electron chi connectivity index (χ1n) is 6.60. The number of ketones is 1. The minimum Gasteiger partial charge on any atom is -0.298 e. The Morgan fingerprint density at radius 1 is 0.957 bits per heavy atom. The molecule has 23 heavy (non-hydrogen) atoms. The maximum atomic E-state index is 14.0. The number of carbonyl (C=O) groups excluding carboxylic acids is 2. The number of benzene rings is 2. The number of hydrogen-bond acceptors (Lipinski definition) is 2. The minimum atomic E-state index is -4.61. The van der Waals surface area contributed by atoms with Gasteiger partial charge in [0.2, 0.25) is 0 Å². The van der Waals surface area contributed by atoms with Gasteiger partial charge in [0.25, 0.3) is 11.7 Å². The first-order chi connectivity index (χ1) is 10.8. The van der Waals surface area contributed by atoms with E-state index in [9.17, 15) is 27.2 Å². The van der Waals surface area contributed by atoms with E-state index in [1.54, 1.807) is 0 Å². The summed E-state index contributed by atoms with van der Waals surface area (Å²) in [6, 6.07) is 8.26. The predicted molar refractivity (Wildman–Crippen MR) is 73.4 cm³/mol. The van der Waals surface area contributed by atoms with E-state index in [1.165, 1.54) is 30.3 Å². The molecular weight excluding hydrogens is 314 g/mol. The summed E-state index contributed by atoms with van der Waals surface area (Å²) in [5, 5.41) is 0. The summed E-state index contributed by atoms with van der Waals surface area (Å²) in [7, 11) is 0. The van der Waals surface area contributed by atoms with Crippen molar-refractivity contribution in [2.24, 2.45) is 0 Å². The van der Waals surface area contributed by atoms with Gasteiger partial charge in [0.05, 0.1) is 23.4 Å². The van der Waals surface area contributed by atoms with Crippen LogP contribution in [0.15, 0.2) is 42.5 Å². The van der Waals surface area contributed by atoms with Gasteiger partial charge < -0.3 is 0 Å². The normalized spacial score (nSPS) is 14.3. The summed E-state index contributed by atoms with van der Waals surface area (Å²) in [6.45, 7) is -0.534. The van der Waals surface area contributed by atoms with Crippen LogP contribution in [0.4, 0.5) is 23.2 Å². The van der Waals surface area contributed by atoms with Gasteiger partial charge in [-0.25, -0.2) is 4.39 Å². The Morgan fingerprint density at radius 3 is 2.35 bits per heavy atom. The third kappa shape index (κ3) is 2.48. The quantitative estimate of drug-likeness (QED) is 0.626. The second kappa shape index (κ2) is 5.19. The van der Waals surface area contributed by atoms with Crippen molar-refractivity contribution in [2.75, 3.05) is 4.90 Å². The molecule has 0 atom stereocenters. The molecule has 0 N–H and O–H groups in total. The Hall–Kier alpha value is -2.70. The van der Waals surface area contributed by atoms with E-state index in [0.29, 0.717) is 0 Å². The molecule has 0 aliphatic carbocycles. The van der Waals surface area contributed by atoms with Gasteiger partial charge in [-0.2, -0.15) is 13.2 Å². The Kier molecular flexibility index (Phi) is 3.43. The second-order valence-electron chi connectivity index (χ2n) is 5.01. The molecule has 2 aromatic rings. The molecule has 118 valence electrons. The van der Waals surface area contributed by atoms with E-state index in [1.807, 2.05) is 0 Å². The summed E-state index contributed by atoms with van der Waals surface area (Å²) in [6.07, 6.45) is -4.61. The number of hydrogen-bond donors (Lipinski definition) is 0. The molecule has 0 saturated heterocycles. The lowest BCUT2D eigenvalue weighted by Crippen LogP contribution is -2.30. The zero-order valence-electron chi connectivity index (χ0n) is 11.5. The van der Waals surface area contributed by atoms with Crippen LogP contribution in [-0.4, -0.2) is 11.7 Å². The van der Waals surface area contributed by atoms with E-state index in [0.717, 1.165) is 17.0 Å². The summed E-state index contributed by atoms with van der Waals surface area (Å²) < 4.78 is 53.0. The van der Waals surface area contributed by atoms with Crippen molar-refractivity contribution in [3.8, 4) is 0 Å². The van der Waals surface area contributed by atoms with Gasteiger partial charge in [0.15, 0.2) is 0 Å². The number of amides is 1. The Morgan fingerprint density at radius 2 is 1.65 bits per heavy atom. The van der Waals surface area contributed by atoms with E-state index in [4.69, 9.17) is 0 Å². The second-order valence-corrected chi connectivity index (χ2v) is 5.01. The first-order valence-corrected chi connectivity index (χ1v) is 6.60. The molecule has 0 fully saturated rings. The molecule has 7 heteroatoms. The third-order valence-corrected chi connectivity index (χ3v) is 3.59. The van der Waals surface area contributed by atoms with E-state index < -0.39 is 35.8 Å². The Balaban J connectivity index is 2.06. The lowest BCUT2D eigenvalue weighted by molar-refractivity contribution is -0.138. The van der Waals surface area contributed by atoms with Gasteiger partial charge in [0, 0.05) is 0 Å². The highest BCUT2D eigenvalue weighted by atomic mass is 19.4. The van der Waals surface area contributed by atoms with Crippen molar-refractivity contribution in [1.29, 1.82) is 0 Å². The average molecular weight is 323 g/mol. The van der Waals surface area contributed by atoms with Crippen molar-refractivity contribution >= 4 is 17.4 Å². The fraction of sp³-hybridized carbons (Fsp3) is 0.125. The summed E-state index contributed by atoms with van der Waals surface area (Å²) in [5.74, 6) is -2.79. The number of nitrogens with zero attached hydrogens (tertiary/aromatic N) is 1. The smallest absolute Gasteiger partial charge is 0.298 e. The van der Waals surface area contributed by atoms with Gasteiger partial charge >= 0.3 is 6.18 Å². The molecule has 3 nitrogen and oxygen atoms in total. The van der Waals surface area contributed by atoms with Crippen LogP contribution in [0, 0.1) is 5.82 Å². The maximum Gasteiger partial charge on any atom is 0.416 e. The van der Waals surface area contributed by atoms with Crippen molar-refractivity contribution in [2.45, 2.75) is 12.7 Å². The number of alkyl halides is 3. The standard InChI is InChI=1S/C16H9F4NO2/c17-12-7-3-5-10-13(12)21(15(23)14(10)22)8-9-4-1-2-6-11(9)16(18,19)20/h1-7H,8H2. The van der Waals surface area contributed by atoms with Gasteiger partial charge in [-0.05, 0) is 23.8 Å². The highest BCUT2D eigenvalue weighted by Crippen LogP contribution is 2.36. The summed E-state index contributed by atoms with van der Waals surface area (Å²) in [4.78, 5) is 24.6. The molecule has 0 unspecified atom stereocenters. The predicted octanol–water partition coefficient (Wildman–Crippen LogP) is 3.57. The summed E-state index contributed by atoms with van der Waals surface area (Å²) >= 11 is 0. The van der Waals surface area contributed by atoms with Crippen LogP contribution >= 0.6 is 0 Å². The number of carbonyl (C=O) groups is 2. The van der Waals surface area contributed by atoms with Crippen LogP contribution in [0.3, 0.4) is 0 Å². The number of anilines is 1. The van der Waals surface area contributed by atoms with Crippen molar-refractivity contribution in [3.63, 3.8) is 0 Å². The number of rotatable bonds is 2.